The van der Waals surface area contributed by atoms with Crippen molar-refractivity contribution in [2.75, 3.05) is 0 Å². The number of nitrogens with zero attached hydrogens (tertiary/aromatic N) is 1. The first-order valence-corrected chi connectivity index (χ1v) is 6.09. The van der Waals surface area contributed by atoms with Crippen molar-refractivity contribution in [2.45, 2.75) is 18.1 Å². The molecule has 0 amide bonds. The maximum atomic E-state index is 3.51. The number of fused-ring (bicyclic) bond motifs is 1. The van der Waals surface area contributed by atoms with Crippen LogP contribution in [0.1, 0.15) is 23.2 Å². The lowest BCUT2D eigenvalue weighted by Crippen LogP contribution is -2.42. The van der Waals surface area contributed by atoms with Crippen molar-refractivity contribution in [3.05, 3.63) is 71.8 Å². The van der Waals surface area contributed by atoms with E-state index in [2.05, 4.69) is 71.1 Å². The second-order valence-electron chi connectivity index (χ2n) is 4.77. The third-order valence-corrected chi connectivity index (χ3v) is 3.78. The zero-order chi connectivity index (χ0) is 11.2. The minimum absolute atomic E-state index is 0.501. The Morgan fingerprint density at radius 2 is 1.35 bits per heavy atom. The summed E-state index contributed by atoms with van der Waals surface area (Å²) in [6, 6.07) is 23.2. The van der Waals surface area contributed by atoms with E-state index in [4.69, 9.17) is 0 Å². The average molecular weight is 222 g/mol. The summed E-state index contributed by atoms with van der Waals surface area (Å²) < 4.78 is 0. The summed E-state index contributed by atoms with van der Waals surface area (Å²) in [6.07, 6.45) is 0. The van der Waals surface area contributed by atoms with Crippen molar-refractivity contribution in [1.29, 1.82) is 0 Å². The van der Waals surface area contributed by atoms with Gasteiger partial charge in [-0.3, -0.25) is 0 Å². The molecule has 2 heteroatoms. The Morgan fingerprint density at radius 3 is 2.00 bits per heavy atom. The first-order valence-electron chi connectivity index (χ1n) is 6.09. The molecule has 0 saturated carbocycles. The van der Waals surface area contributed by atoms with E-state index in [-0.39, 0.29) is 0 Å². The van der Waals surface area contributed by atoms with Gasteiger partial charge in [0.1, 0.15) is 0 Å². The zero-order valence-corrected chi connectivity index (χ0v) is 9.45. The van der Waals surface area contributed by atoms with Crippen LogP contribution >= 0.6 is 0 Å². The number of hydrogen-bond donors (Lipinski definition) is 1. The van der Waals surface area contributed by atoms with Crippen LogP contribution in [0.15, 0.2) is 60.7 Å². The van der Waals surface area contributed by atoms with Crippen LogP contribution in [0.3, 0.4) is 0 Å². The first-order chi connectivity index (χ1) is 8.45. The van der Waals surface area contributed by atoms with Crippen LogP contribution in [0.5, 0.6) is 0 Å². The van der Waals surface area contributed by atoms with Crippen molar-refractivity contribution in [1.82, 2.24) is 10.4 Å². The summed E-state index contributed by atoms with van der Waals surface area (Å²) in [5.74, 6) is 0. The van der Waals surface area contributed by atoms with Crippen molar-refractivity contribution in [3.63, 3.8) is 0 Å². The Balaban J connectivity index is 1.57. The number of hydrogen-bond acceptors (Lipinski definition) is 2. The predicted octanol–water partition coefficient (Wildman–Crippen LogP) is 2.67. The molecular formula is C15H14N2. The van der Waals surface area contributed by atoms with Gasteiger partial charge in [-0.2, -0.15) is 0 Å². The molecule has 2 aliphatic rings. The number of benzene rings is 2. The highest BCUT2D eigenvalue weighted by molar-refractivity contribution is 5.36. The molecule has 2 aromatic rings. The summed E-state index contributed by atoms with van der Waals surface area (Å²) in [7, 11) is 0. The van der Waals surface area contributed by atoms with Crippen molar-refractivity contribution in [2.24, 2.45) is 0 Å². The van der Waals surface area contributed by atoms with Crippen LogP contribution in [0, 0.1) is 0 Å². The van der Waals surface area contributed by atoms with Crippen molar-refractivity contribution >= 4 is 0 Å². The van der Waals surface area contributed by atoms with E-state index in [1.165, 1.54) is 11.1 Å². The Labute approximate surface area is 101 Å². The van der Waals surface area contributed by atoms with Gasteiger partial charge in [0.25, 0.3) is 0 Å². The molecule has 2 aliphatic heterocycles. The lowest BCUT2D eigenvalue weighted by molar-refractivity contribution is 0.187. The molecule has 2 heterocycles. The molecule has 0 spiro atoms. The fraction of sp³-hybridized carbons (Fsp3) is 0.200. The van der Waals surface area contributed by atoms with E-state index in [1.807, 2.05) is 0 Å². The molecule has 1 N–H and O–H groups in total. The van der Waals surface area contributed by atoms with E-state index < -0.39 is 0 Å². The fourth-order valence-electron chi connectivity index (χ4n) is 2.85. The van der Waals surface area contributed by atoms with Crippen molar-refractivity contribution in [3.8, 4) is 0 Å². The Hall–Kier alpha value is -1.64. The first kappa shape index (κ1) is 9.40. The molecule has 4 atom stereocenters. The Morgan fingerprint density at radius 1 is 0.765 bits per heavy atom. The SMILES string of the molecule is c1ccc(C2NN3C(c4ccccc4)C23)cc1. The standard InChI is InChI=1S/C15H14N2/c1-3-7-11(8-4-1)13-15-14(17(15)16-13)12-9-5-2-6-10-12/h1-10,13-16H. The highest BCUT2D eigenvalue weighted by Crippen LogP contribution is 2.55. The third kappa shape index (κ3) is 1.35. The summed E-state index contributed by atoms with van der Waals surface area (Å²) in [4.78, 5) is 0. The van der Waals surface area contributed by atoms with Crippen LogP contribution in [0.4, 0.5) is 0 Å². The molecule has 2 fully saturated rings. The van der Waals surface area contributed by atoms with E-state index in [0.29, 0.717) is 18.1 Å². The van der Waals surface area contributed by atoms with Crippen LogP contribution in [-0.4, -0.2) is 11.1 Å². The highest BCUT2D eigenvalue weighted by atomic mass is 15.7. The topological polar surface area (TPSA) is 15.0 Å². The minimum Gasteiger partial charge on any atom is -0.245 e. The van der Waals surface area contributed by atoms with E-state index in [9.17, 15) is 0 Å². The molecule has 2 aromatic carbocycles. The Bertz CT molecular complexity index is 482. The molecular weight excluding hydrogens is 208 g/mol. The van der Waals surface area contributed by atoms with Gasteiger partial charge < -0.3 is 0 Å². The third-order valence-electron chi connectivity index (χ3n) is 3.78. The van der Waals surface area contributed by atoms with Gasteiger partial charge in [-0.1, -0.05) is 60.7 Å². The predicted molar refractivity (Wildman–Crippen MR) is 67.1 cm³/mol. The summed E-state index contributed by atoms with van der Waals surface area (Å²) >= 11 is 0. The molecule has 0 bridgehead atoms. The Kier molecular flexibility index (Phi) is 1.89. The number of hydrazine groups is 1. The van der Waals surface area contributed by atoms with E-state index in [1.54, 1.807) is 0 Å². The number of nitrogens with one attached hydrogen (secondary N) is 1. The lowest BCUT2D eigenvalue weighted by Gasteiger charge is -2.27. The van der Waals surface area contributed by atoms with Crippen LogP contribution in [-0.2, 0) is 0 Å². The maximum absolute atomic E-state index is 3.51. The monoisotopic (exact) mass is 222 g/mol. The van der Waals surface area contributed by atoms with Gasteiger partial charge in [0.05, 0.1) is 18.1 Å². The van der Waals surface area contributed by atoms with Crippen LogP contribution in [0.2, 0.25) is 0 Å². The van der Waals surface area contributed by atoms with Gasteiger partial charge in [0, 0.05) is 0 Å². The molecule has 0 aliphatic carbocycles. The molecule has 2 saturated heterocycles. The average Bonchev–Trinajstić information content (AvgIpc) is 2.96. The van der Waals surface area contributed by atoms with Gasteiger partial charge in [-0.15, -0.1) is 0 Å². The van der Waals surface area contributed by atoms with Gasteiger partial charge in [0.2, 0.25) is 0 Å². The molecule has 17 heavy (non-hydrogen) atoms. The van der Waals surface area contributed by atoms with Gasteiger partial charge >= 0.3 is 0 Å². The summed E-state index contributed by atoms with van der Waals surface area (Å²) in [6.45, 7) is 0. The smallest absolute Gasteiger partial charge is 0.0686 e. The highest BCUT2D eigenvalue weighted by Gasteiger charge is 2.62. The van der Waals surface area contributed by atoms with Crippen LogP contribution in [0.25, 0.3) is 0 Å². The van der Waals surface area contributed by atoms with Gasteiger partial charge in [-0.25, -0.2) is 10.4 Å². The van der Waals surface area contributed by atoms with Gasteiger partial charge in [0.15, 0.2) is 0 Å². The molecule has 2 nitrogen and oxygen atoms in total. The molecule has 4 rings (SSSR count). The number of rotatable bonds is 2. The fourth-order valence-corrected chi connectivity index (χ4v) is 2.85. The minimum atomic E-state index is 0.501. The van der Waals surface area contributed by atoms with E-state index >= 15 is 0 Å². The summed E-state index contributed by atoms with van der Waals surface area (Å²) in [5.41, 5.74) is 6.33. The largest absolute Gasteiger partial charge is 0.245 e. The molecule has 4 unspecified atom stereocenters. The molecule has 0 radical (unpaired) electrons. The molecule has 84 valence electrons. The molecule has 0 aromatic heterocycles. The summed E-state index contributed by atoms with van der Waals surface area (Å²) in [5, 5.41) is 2.34. The second kappa shape index (κ2) is 3.42. The normalized spacial score (nSPS) is 33.6. The van der Waals surface area contributed by atoms with E-state index in [0.717, 1.165) is 0 Å². The zero-order valence-electron chi connectivity index (χ0n) is 9.45. The quantitative estimate of drug-likeness (QED) is 0.786. The lowest BCUT2D eigenvalue weighted by atomic mass is 9.99. The maximum Gasteiger partial charge on any atom is 0.0686 e. The second-order valence-corrected chi connectivity index (χ2v) is 4.77. The van der Waals surface area contributed by atoms with Gasteiger partial charge in [-0.05, 0) is 11.1 Å². The van der Waals surface area contributed by atoms with Crippen molar-refractivity contribution < 1.29 is 0 Å². The van der Waals surface area contributed by atoms with Crippen LogP contribution < -0.4 is 5.43 Å².